The molecule has 0 saturated heterocycles. The molecule has 0 N–H and O–H groups in total. The second-order valence-electron chi connectivity index (χ2n) is 7.39. The highest BCUT2D eigenvalue weighted by Crippen LogP contribution is 2.20. The van der Waals surface area contributed by atoms with Crippen LogP contribution in [0, 0.1) is 5.92 Å². The Bertz CT molecular complexity index is 324. The summed E-state index contributed by atoms with van der Waals surface area (Å²) in [6.45, 7) is 18.7. The van der Waals surface area contributed by atoms with Crippen molar-refractivity contribution in [3.05, 3.63) is 0 Å². The second-order valence-corrected chi connectivity index (χ2v) is 19.9. The molecule has 20 heavy (non-hydrogen) atoms. The lowest BCUT2D eigenvalue weighted by atomic mass is 10.1. The Morgan fingerprint density at radius 3 is 1.90 bits per heavy atom. The molecule has 0 fully saturated rings. The predicted molar refractivity (Wildman–Crippen MR) is 90.9 cm³/mol. The van der Waals surface area contributed by atoms with Gasteiger partial charge in [-0.15, -0.1) is 0 Å². The Kier molecular flexibility index (Phi) is 7.36. The van der Waals surface area contributed by atoms with Gasteiger partial charge in [0.2, 0.25) is 8.32 Å². The monoisotopic (exact) mass is 336 g/mol. The van der Waals surface area contributed by atoms with Gasteiger partial charge >= 0.3 is 14.5 Å². The van der Waals surface area contributed by atoms with Gasteiger partial charge in [0, 0.05) is 0 Å². The van der Waals surface area contributed by atoms with Crippen LogP contribution in [0.4, 0.5) is 0 Å². The van der Waals surface area contributed by atoms with Crippen LogP contribution < -0.4 is 0 Å². The quantitative estimate of drug-likeness (QED) is 0.498. The molecule has 4 nitrogen and oxygen atoms in total. The van der Waals surface area contributed by atoms with E-state index in [2.05, 4.69) is 45.8 Å². The van der Waals surface area contributed by atoms with Crippen molar-refractivity contribution in [3.8, 4) is 0 Å². The van der Waals surface area contributed by atoms with Crippen molar-refractivity contribution in [2.45, 2.75) is 66.1 Å². The van der Waals surface area contributed by atoms with Crippen LogP contribution in [-0.4, -0.2) is 37.4 Å². The maximum atomic E-state index is 11.7. The summed E-state index contributed by atoms with van der Waals surface area (Å²) in [6, 6.07) is 0. The minimum atomic E-state index is -2.15. The molecule has 0 heterocycles. The van der Waals surface area contributed by atoms with Crippen molar-refractivity contribution >= 4 is 31.2 Å². The predicted octanol–water partition coefficient (Wildman–Crippen LogP) is 3.89. The molecule has 0 spiro atoms. The third-order valence-corrected chi connectivity index (χ3v) is 12.1. The average Bonchev–Trinajstić information content (AvgIpc) is 2.19. The minimum absolute atomic E-state index is 0.0386. The number of hydrogen-bond donors (Lipinski definition) is 0. The molecule has 0 amide bonds. The zero-order valence-electron chi connectivity index (χ0n) is 14.6. The van der Waals surface area contributed by atoms with Gasteiger partial charge in [-0.1, -0.05) is 13.8 Å². The maximum Gasteiger partial charge on any atom is 0.311 e. The van der Waals surface area contributed by atoms with E-state index >= 15 is 0 Å². The van der Waals surface area contributed by atoms with Gasteiger partial charge in [-0.25, -0.2) is 0 Å². The zero-order chi connectivity index (χ0) is 16.2. The highest BCUT2D eigenvalue weighted by atomic mass is 28.5. The fourth-order valence-electron chi connectivity index (χ4n) is 2.01. The number of rotatable bonds is 8. The van der Waals surface area contributed by atoms with Crippen molar-refractivity contribution < 1.29 is 17.8 Å². The molecule has 0 aliphatic heterocycles. The standard InChI is InChI=1S/C13H32O4Si3/c1-10-12(2)13(14)15-11-19(6,7)17-20(8,9)16-18(3,4)5/h12H,10-11H2,1-9H3. The van der Waals surface area contributed by atoms with E-state index in [1.165, 1.54) is 0 Å². The molecular weight excluding hydrogens is 304 g/mol. The molecule has 0 rings (SSSR count). The van der Waals surface area contributed by atoms with E-state index in [9.17, 15) is 4.79 Å². The normalized spacial score (nSPS) is 15.1. The Morgan fingerprint density at radius 2 is 1.50 bits per heavy atom. The van der Waals surface area contributed by atoms with Gasteiger partial charge in [0.25, 0.3) is 0 Å². The summed E-state index contributed by atoms with van der Waals surface area (Å²) in [5.41, 5.74) is 0. The SMILES string of the molecule is CCC(C)C(=O)OC[Si](C)(C)O[Si](C)(C)O[Si](C)(C)C. The summed E-state index contributed by atoms with van der Waals surface area (Å²) >= 11 is 0. The van der Waals surface area contributed by atoms with E-state index < -0.39 is 25.2 Å². The molecule has 120 valence electrons. The molecule has 0 aromatic rings. The average molecular weight is 337 g/mol. The Hall–Kier alpha value is 0.0406. The van der Waals surface area contributed by atoms with Gasteiger partial charge in [0.15, 0.2) is 8.32 Å². The molecule has 0 aliphatic carbocycles. The van der Waals surface area contributed by atoms with Crippen LogP contribution in [0.15, 0.2) is 0 Å². The minimum Gasteiger partial charge on any atom is -0.466 e. The van der Waals surface area contributed by atoms with Crippen molar-refractivity contribution in [1.29, 1.82) is 0 Å². The van der Waals surface area contributed by atoms with Crippen molar-refractivity contribution in [2.24, 2.45) is 5.92 Å². The van der Waals surface area contributed by atoms with Crippen LogP contribution in [0.2, 0.25) is 45.8 Å². The van der Waals surface area contributed by atoms with E-state index in [0.29, 0.717) is 6.23 Å². The van der Waals surface area contributed by atoms with Crippen molar-refractivity contribution in [2.75, 3.05) is 6.23 Å². The first kappa shape index (κ1) is 20.0. The summed E-state index contributed by atoms with van der Waals surface area (Å²) in [5.74, 6) is -0.162. The summed E-state index contributed by atoms with van der Waals surface area (Å²) in [5, 5.41) is 0. The van der Waals surface area contributed by atoms with Crippen LogP contribution in [0.3, 0.4) is 0 Å². The second kappa shape index (κ2) is 7.35. The Labute approximate surface area is 127 Å². The van der Waals surface area contributed by atoms with Crippen LogP contribution in [0.1, 0.15) is 20.3 Å². The first-order valence-electron chi connectivity index (χ1n) is 7.35. The number of hydrogen-bond acceptors (Lipinski definition) is 4. The molecule has 0 radical (unpaired) electrons. The van der Waals surface area contributed by atoms with E-state index in [0.717, 1.165) is 6.42 Å². The lowest BCUT2D eigenvalue weighted by molar-refractivity contribution is -0.146. The molecule has 0 aromatic heterocycles. The Morgan fingerprint density at radius 1 is 1.00 bits per heavy atom. The highest BCUT2D eigenvalue weighted by Gasteiger charge is 2.38. The third kappa shape index (κ3) is 9.06. The van der Waals surface area contributed by atoms with Gasteiger partial charge < -0.3 is 13.0 Å². The van der Waals surface area contributed by atoms with E-state index in [-0.39, 0.29) is 11.9 Å². The van der Waals surface area contributed by atoms with Crippen molar-refractivity contribution in [1.82, 2.24) is 0 Å². The largest absolute Gasteiger partial charge is 0.466 e. The summed E-state index contributed by atoms with van der Waals surface area (Å²) in [4.78, 5) is 11.7. The van der Waals surface area contributed by atoms with E-state index in [1.54, 1.807) is 0 Å². The van der Waals surface area contributed by atoms with Gasteiger partial charge in [-0.2, -0.15) is 0 Å². The fraction of sp³-hybridized carbons (Fsp3) is 0.923. The lowest BCUT2D eigenvalue weighted by Crippen LogP contribution is -2.53. The number of carbonyl (C=O) groups is 1. The first-order valence-corrected chi connectivity index (χ1v) is 16.7. The van der Waals surface area contributed by atoms with Gasteiger partial charge in [0.1, 0.15) is 6.23 Å². The van der Waals surface area contributed by atoms with Crippen LogP contribution >= 0.6 is 0 Å². The fourth-order valence-corrected chi connectivity index (χ4v) is 14.5. The van der Waals surface area contributed by atoms with Gasteiger partial charge in [-0.05, 0) is 52.2 Å². The summed E-state index contributed by atoms with van der Waals surface area (Å²) in [6.07, 6.45) is 1.21. The van der Waals surface area contributed by atoms with Gasteiger partial charge in [-0.3, -0.25) is 4.79 Å². The Balaban J connectivity index is 4.48. The molecule has 7 heteroatoms. The molecule has 1 unspecified atom stereocenters. The molecule has 0 aliphatic rings. The van der Waals surface area contributed by atoms with Gasteiger partial charge in [0.05, 0.1) is 5.92 Å². The molecule has 0 saturated carbocycles. The van der Waals surface area contributed by atoms with Crippen LogP contribution in [-0.2, 0) is 17.8 Å². The number of carbonyl (C=O) groups excluding carboxylic acids is 1. The molecule has 1 atom stereocenters. The summed E-state index contributed by atoms with van der Waals surface area (Å²) < 4.78 is 17.9. The number of ether oxygens (including phenoxy) is 1. The van der Waals surface area contributed by atoms with Crippen molar-refractivity contribution in [3.63, 3.8) is 0 Å². The molecule has 0 bridgehead atoms. The lowest BCUT2D eigenvalue weighted by Gasteiger charge is -2.37. The third-order valence-electron chi connectivity index (χ3n) is 2.65. The van der Waals surface area contributed by atoms with E-state index in [4.69, 9.17) is 13.0 Å². The molecular formula is C13H32O4Si3. The molecule has 0 aromatic carbocycles. The topological polar surface area (TPSA) is 44.8 Å². The summed E-state index contributed by atoms with van der Waals surface area (Å²) in [7, 11) is -5.80. The van der Waals surface area contributed by atoms with Crippen LogP contribution in [0.25, 0.3) is 0 Å². The van der Waals surface area contributed by atoms with Crippen LogP contribution in [0.5, 0.6) is 0 Å². The highest BCUT2D eigenvalue weighted by molar-refractivity contribution is 6.87. The smallest absolute Gasteiger partial charge is 0.311 e. The maximum absolute atomic E-state index is 11.7. The van der Waals surface area contributed by atoms with E-state index in [1.807, 2.05) is 13.8 Å². The zero-order valence-corrected chi connectivity index (χ0v) is 17.6. The first-order chi connectivity index (χ1) is 8.78. The number of esters is 1.